The van der Waals surface area contributed by atoms with Crippen molar-refractivity contribution in [2.75, 3.05) is 13.1 Å². The molecule has 0 spiro atoms. The second-order valence-electron chi connectivity index (χ2n) is 4.31. The molecule has 0 aromatic heterocycles. The molecule has 0 heterocycles. The summed E-state index contributed by atoms with van der Waals surface area (Å²) in [5.74, 6) is 1.08. The van der Waals surface area contributed by atoms with E-state index in [1.165, 1.54) is 12.1 Å². The van der Waals surface area contributed by atoms with Gasteiger partial charge in [0.25, 0.3) is 0 Å². The van der Waals surface area contributed by atoms with Crippen LogP contribution in [0.25, 0.3) is 0 Å². The topological polar surface area (TPSA) is 3.24 Å². The molecule has 0 bridgehead atoms. The van der Waals surface area contributed by atoms with Crippen LogP contribution < -0.4 is 0 Å². The van der Waals surface area contributed by atoms with Gasteiger partial charge in [-0.15, -0.1) is 6.58 Å². The van der Waals surface area contributed by atoms with Gasteiger partial charge in [0, 0.05) is 18.8 Å². The first-order valence-electron chi connectivity index (χ1n) is 5.59. The van der Waals surface area contributed by atoms with E-state index >= 15 is 0 Å². The van der Waals surface area contributed by atoms with Gasteiger partial charge < -0.3 is 4.90 Å². The van der Waals surface area contributed by atoms with Gasteiger partial charge in [-0.05, 0) is 18.3 Å². The fourth-order valence-corrected chi connectivity index (χ4v) is 1.41. The highest BCUT2D eigenvalue weighted by Gasteiger charge is 2.11. The van der Waals surface area contributed by atoms with Crippen molar-refractivity contribution in [2.24, 2.45) is 11.8 Å². The van der Waals surface area contributed by atoms with Crippen molar-refractivity contribution in [2.45, 2.75) is 34.1 Å². The largest absolute Gasteiger partial charge is 0.375 e. The van der Waals surface area contributed by atoms with E-state index < -0.39 is 0 Å². The fraction of sp³-hybridized carbons (Fsp3) is 0.692. The Kier molecular flexibility index (Phi) is 6.35. The average molecular weight is 195 g/mol. The van der Waals surface area contributed by atoms with Crippen molar-refractivity contribution in [3.63, 3.8) is 0 Å². The maximum atomic E-state index is 4.15. The van der Waals surface area contributed by atoms with Crippen LogP contribution in [0.2, 0.25) is 0 Å². The number of hydrogen-bond donors (Lipinski definition) is 0. The molecule has 0 saturated heterocycles. The van der Waals surface area contributed by atoms with E-state index in [4.69, 9.17) is 0 Å². The maximum absolute atomic E-state index is 4.15. The SMILES string of the molecule is C=CC(C)CN(CCC)C(=C)C(C)C. The van der Waals surface area contributed by atoms with E-state index in [1.807, 2.05) is 6.08 Å². The smallest absolute Gasteiger partial charge is 0.0235 e. The normalized spacial score (nSPS) is 12.6. The van der Waals surface area contributed by atoms with Crippen LogP contribution in [0.5, 0.6) is 0 Å². The van der Waals surface area contributed by atoms with E-state index in [9.17, 15) is 0 Å². The Balaban J connectivity index is 4.27. The molecule has 0 N–H and O–H groups in total. The Morgan fingerprint density at radius 3 is 2.29 bits per heavy atom. The van der Waals surface area contributed by atoms with Gasteiger partial charge in [0.15, 0.2) is 0 Å². The summed E-state index contributed by atoms with van der Waals surface area (Å²) in [6.07, 6.45) is 3.19. The van der Waals surface area contributed by atoms with Gasteiger partial charge in [-0.25, -0.2) is 0 Å². The van der Waals surface area contributed by atoms with E-state index in [1.54, 1.807) is 0 Å². The molecule has 0 aliphatic carbocycles. The molecule has 1 unspecified atom stereocenters. The van der Waals surface area contributed by atoms with Gasteiger partial charge in [-0.1, -0.05) is 40.3 Å². The molecular formula is C13H25N. The lowest BCUT2D eigenvalue weighted by Gasteiger charge is -2.30. The highest BCUT2D eigenvalue weighted by Crippen LogP contribution is 2.15. The Morgan fingerprint density at radius 2 is 1.93 bits per heavy atom. The highest BCUT2D eigenvalue weighted by molar-refractivity contribution is 4.98. The molecule has 1 heteroatoms. The third-order valence-corrected chi connectivity index (χ3v) is 2.48. The molecule has 0 fully saturated rings. The molecular weight excluding hydrogens is 170 g/mol. The lowest BCUT2D eigenvalue weighted by molar-refractivity contribution is 0.292. The number of nitrogens with zero attached hydrogens (tertiary/aromatic N) is 1. The third kappa shape index (κ3) is 4.50. The lowest BCUT2D eigenvalue weighted by atomic mass is 10.1. The van der Waals surface area contributed by atoms with Crippen molar-refractivity contribution < 1.29 is 0 Å². The molecule has 0 aliphatic rings. The van der Waals surface area contributed by atoms with Crippen molar-refractivity contribution in [1.82, 2.24) is 4.90 Å². The monoisotopic (exact) mass is 195 g/mol. The summed E-state index contributed by atoms with van der Waals surface area (Å²) < 4.78 is 0. The van der Waals surface area contributed by atoms with E-state index in [0.29, 0.717) is 11.8 Å². The first-order valence-corrected chi connectivity index (χ1v) is 5.59. The predicted molar refractivity (Wildman–Crippen MR) is 65.2 cm³/mol. The first kappa shape index (κ1) is 13.3. The minimum atomic E-state index is 0.539. The van der Waals surface area contributed by atoms with Crippen molar-refractivity contribution >= 4 is 0 Å². The zero-order chi connectivity index (χ0) is 11.1. The molecule has 1 atom stereocenters. The maximum Gasteiger partial charge on any atom is 0.0235 e. The van der Waals surface area contributed by atoms with Gasteiger partial charge in [0.05, 0.1) is 0 Å². The summed E-state index contributed by atoms with van der Waals surface area (Å²) in [4.78, 5) is 2.39. The number of allylic oxidation sites excluding steroid dienone is 1. The minimum absolute atomic E-state index is 0.539. The zero-order valence-corrected chi connectivity index (χ0v) is 10.2. The summed E-state index contributed by atoms with van der Waals surface area (Å²) in [7, 11) is 0. The lowest BCUT2D eigenvalue weighted by Crippen LogP contribution is -2.29. The van der Waals surface area contributed by atoms with Gasteiger partial charge in [-0.2, -0.15) is 0 Å². The van der Waals surface area contributed by atoms with E-state index in [-0.39, 0.29) is 0 Å². The van der Waals surface area contributed by atoms with Crippen LogP contribution in [0, 0.1) is 11.8 Å². The molecule has 0 radical (unpaired) electrons. The van der Waals surface area contributed by atoms with Crippen LogP contribution >= 0.6 is 0 Å². The zero-order valence-electron chi connectivity index (χ0n) is 10.2. The summed E-state index contributed by atoms with van der Waals surface area (Å²) >= 11 is 0. The molecule has 1 nitrogen and oxygen atoms in total. The second-order valence-corrected chi connectivity index (χ2v) is 4.31. The van der Waals surface area contributed by atoms with Crippen LogP contribution in [0.15, 0.2) is 24.9 Å². The molecule has 0 rings (SSSR count). The van der Waals surface area contributed by atoms with Crippen LogP contribution in [-0.4, -0.2) is 18.0 Å². The van der Waals surface area contributed by atoms with Gasteiger partial charge >= 0.3 is 0 Å². The Labute approximate surface area is 89.5 Å². The number of rotatable bonds is 7. The molecule has 0 aliphatic heterocycles. The molecule has 0 amide bonds. The van der Waals surface area contributed by atoms with Crippen molar-refractivity contribution in [3.05, 3.63) is 24.9 Å². The minimum Gasteiger partial charge on any atom is -0.375 e. The van der Waals surface area contributed by atoms with Crippen LogP contribution in [0.1, 0.15) is 34.1 Å². The van der Waals surface area contributed by atoms with E-state index in [2.05, 4.69) is 45.8 Å². The number of hydrogen-bond acceptors (Lipinski definition) is 1. The molecule has 0 aromatic rings. The summed E-state index contributed by atoms with van der Waals surface area (Å²) in [6, 6.07) is 0. The Hall–Kier alpha value is -0.720. The predicted octanol–water partition coefficient (Wildman–Crippen LogP) is 3.69. The summed E-state index contributed by atoms with van der Waals surface area (Å²) in [6.45, 7) is 18.9. The van der Waals surface area contributed by atoms with Crippen molar-refractivity contribution in [3.8, 4) is 0 Å². The first-order chi connectivity index (χ1) is 6.52. The van der Waals surface area contributed by atoms with Gasteiger partial charge in [0.1, 0.15) is 0 Å². The standard InChI is InChI=1S/C13H25N/c1-7-9-14(10-12(5)8-2)13(6)11(3)4/h8,11-12H,2,6-7,9-10H2,1,3-5H3. The molecule has 82 valence electrons. The molecule has 0 saturated carbocycles. The Bertz CT molecular complexity index is 182. The fourth-order valence-electron chi connectivity index (χ4n) is 1.41. The molecule has 0 aromatic carbocycles. The van der Waals surface area contributed by atoms with Gasteiger partial charge in [0.2, 0.25) is 0 Å². The van der Waals surface area contributed by atoms with Gasteiger partial charge in [-0.3, -0.25) is 0 Å². The quantitative estimate of drug-likeness (QED) is 0.560. The highest BCUT2D eigenvalue weighted by atomic mass is 15.1. The average Bonchev–Trinajstić information content (AvgIpc) is 2.15. The molecule has 14 heavy (non-hydrogen) atoms. The van der Waals surface area contributed by atoms with Crippen LogP contribution in [0.3, 0.4) is 0 Å². The summed E-state index contributed by atoms with van der Waals surface area (Å²) in [5, 5.41) is 0. The Morgan fingerprint density at radius 1 is 1.36 bits per heavy atom. The van der Waals surface area contributed by atoms with Crippen LogP contribution in [0.4, 0.5) is 0 Å². The van der Waals surface area contributed by atoms with E-state index in [0.717, 1.165) is 13.1 Å². The van der Waals surface area contributed by atoms with Crippen molar-refractivity contribution in [1.29, 1.82) is 0 Å². The van der Waals surface area contributed by atoms with Crippen LogP contribution in [-0.2, 0) is 0 Å². The second kappa shape index (κ2) is 6.69. The third-order valence-electron chi connectivity index (χ3n) is 2.48. The summed E-state index contributed by atoms with van der Waals surface area (Å²) in [5.41, 5.74) is 1.25.